The van der Waals surface area contributed by atoms with E-state index in [9.17, 15) is 18.7 Å². The van der Waals surface area contributed by atoms with Gasteiger partial charge in [0.15, 0.2) is 0 Å². The van der Waals surface area contributed by atoms with Crippen molar-refractivity contribution in [3.05, 3.63) is 0 Å². The molecule has 0 heterocycles. The van der Waals surface area contributed by atoms with Crippen LogP contribution in [-0.2, 0) is 4.79 Å². The first-order chi connectivity index (χ1) is 7.04. The summed E-state index contributed by atoms with van der Waals surface area (Å²) < 4.78 is 27.9. The average Bonchev–Trinajstić information content (AvgIpc) is 2.53. The molecule has 0 aromatic heterocycles. The van der Waals surface area contributed by atoms with Crippen molar-refractivity contribution < 1.29 is 18.7 Å². The lowest BCUT2D eigenvalue weighted by molar-refractivity contribution is -0.247. The van der Waals surface area contributed by atoms with Crippen LogP contribution in [0.25, 0.3) is 0 Å². The van der Waals surface area contributed by atoms with Gasteiger partial charge >= 0.3 is 5.97 Å². The van der Waals surface area contributed by atoms with Crippen molar-refractivity contribution in [3.63, 3.8) is 0 Å². The second-order valence-corrected chi connectivity index (χ2v) is 6.10. The molecule has 6 rings (SSSR count). The molecule has 2 nitrogen and oxygen atoms in total. The number of alkyl halides is 2. The van der Waals surface area contributed by atoms with Gasteiger partial charge in [-0.15, -0.1) is 0 Å². The molecule has 80 valence electrons. The van der Waals surface area contributed by atoms with Crippen LogP contribution < -0.4 is 0 Å². The molecule has 0 amide bonds. The van der Waals surface area contributed by atoms with Crippen LogP contribution in [-0.4, -0.2) is 17.0 Å². The van der Waals surface area contributed by atoms with Crippen molar-refractivity contribution >= 4 is 5.97 Å². The van der Waals surface area contributed by atoms with E-state index in [4.69, 9.17) is 0 Å². The number of aliphatic carboxylic acids is 1. The highest BCUT2D eigenvalue weighted by atomic mass is 19.3. The van der Waals surface area contributed by atoms with E-state index in [1.165, 1.54) is 0 Å². The molecule has 6 aliphatic carbocycles. The molecule has 0 spiro atoms. The summed E-state index contributed by atoms with van der Waals surface area (Å²) in [6, 6.07) is 0. The van der Waals surface area contributed by atoms with Crippen molar-refractivity contribution in [2.24, 2.45) is 46.8 Å². The van der Waals surface area contributed by atoms with E-state index in [0.717, 1.165) is 6.42 Å². The SMILES string of the molecule is O=C(O)C12C3CC4C5C3C1C5C(F)(F)C42. The lowest BCUT2D eigenvalue weighted by Crippen LogP contribution is -2.70. The summed E-state index contributed by atoms with van der Waals surface area (Å²) in [5.41, 5.74) is -0.988. The molecule has 6 saturated carbocycles. The van der Waals surface area contributed by atoms with Gasteiger partial charge in [-0.05, 0) is 36.0 Å². The Labute approximate surface area is 84.6 Å². The zero-order chi connectivity index (χ0) is 10.3. The highest BCUT2D eigenvalue weighted by Crippen LogP contribution is 2.96. The van der Waals surface area contributed by atoms with E-state index in [-0.39, 0.29) is 23.7 Å². The Morgan fingerprint density at radius 3 is 2.60 bits per heavy atom. The smallest absolute Gasteiger partial charge is 0.310 e. The second kappa shape index (κ2) is 1.54. The Morgan fingerprint density at radius 2 is 2.00 bits per heavy atom. The fourth-order valence-electron chi connectivity index (χ4n) is 6.64. The van der Waals surface area contributed by atoms with E-state index in [0.29, 0.717) is 5.92 Å². The first-order valence-corrected chi connectivity index (χ1v) is 5.65. The topological polar surface area (TPSA) is 37.3 Å². The van der Waals surface area contributed by atoms with Gasteiger partial charge in [-0.3, -0.25) is 4.79 Å². The van der Waals surface area contributed by atoms with Crippen molar-refractivity contribution in [1.82, 2.24) is 0 Å². The predicted molar refractivity (Wildman–Crippen MR) is 44.1 cm³/mol. The molecular weight excluding hydrogens is 202 g/mol. The van der Waals surface area contributed by atoms with Gasteiger partial charge in [-0.2, -0.15) is 0 Å². The number of hydrogen-bond acceptors (Lipinski definition) is 1. The maximum absolute atomic E-state index is 14.0. The van der Waals surface area contributed by atoms with Crippen LogP contribution in [0.5, 0.6) is 0 Å². The van der Waals surface area contributed by atoms with Crippen LogP contribution >= 0.6 is 0 Å². The minimum absolute atomic E-state index is 0.0427. The summed E-state index contributed by atoms with van der Waals surface area (Å²) in [6.07, 6.45) is 0.773. The number of halogens is 2. The fraction of sp³-hybridized carbons (Fsp3) is 0.909. The molecule has 4 heteroatoms. The zero-order valence-corrected chi connectivity index (χ0v) is 7.86. The molecule has 0 aliphatic heterocycles. The van der Waals surface area contributed by atoms with Crippen molar-refractivity contribution in [2.45, 2.75) is 12.3 Å². The standard InChI is InChI=1S/C11H10F2O2/c12-11(13)7-4-2-1-3-5(4)6(7)10(3,8(2)11)9(14)15/h2-8H,1H2,(H,14,15). The minimum atomic E-state index is -2.67. The Bertz CT molecular complexity index is 434. The fourth-order valence-corrected chi connectivity index (χ4v) is 6.64. The molecule has 1 N–H and O–H groups in total. The first kappa shape index (κ1) is 7.58. The maximum atomic E-state index is 14.0. The second-order valence-electron chi connectivity index (χ2n) is 6.10. The van der Waals surface area contributed by atoms with E-state index in [1.807, 2.05) is 0 Å². The Hall–Kier alpha value is -0.670. The maximum Gasteiger partial charge on any atom is 0.310 e. The molecule has 6 fully saturated rings. The van der Waals surface area contributed by atoms with E-state index < -0.39 is 29.1 Å². The van der Waals surface area contributed by atoms with Gasteiger partial charge in [-0.25, -0.2) is 8.78 Å². The Morgan fingerprint density at radius 1 is 1.27 bits per heavy atom. The molecule has 0 saturated heterocycles. The molecule has 8 unspecified atom stereocenters. The Balaban J connectivity index is 1.83. The summed E-state index contributed by atoms with van der Waals surface area (Å²) in [4.78, 5) is 11.4. The number of carboxylic acid groups (broad SMARTS) is 1. The quantitative estimate of drug-likeness (QED) is 0.714. The molecule has 15 heavy (non-hydrogen) atoms. The van der Waals surface area contributed by atoms with Crippen LogP contribution in [0.4, 0.5) is 8.78 Å². The number of carboxylic acids is 1. The van der Waals surface area contributed by atoms with E-state index in [1.54, 1.807) is 0 Å². The molecular formula is C11H10F2O2. The molecule has 0 aromatic rings. The van der Waals surface area contributed by atoms with Gasteiger partial charge in [0.25, 0.3) is 5.92 Å². The molecule has 4 bridgehead atoms. The lowest BCUT2D eigenvalue weighted by atomic mass is 9.34. The van der Waals surface area contributed by atoms with Crippen molar-refractivity contribution in [1.29, 1.82) is 0 Å². The van der Waals surface area contributed by atoms with Gasteiger partial charge in [-0.1, -0.05) is 0 Å². The van der Waals surface area contributed by atoms with Crippen LogP contribution in [0.2, 0.25) is 0 Å². The minimum Gasteiger partial charge on any atom is -0.481 e. The Kier molecular flexibility index (Phi) is 0.776. The summed E-state index contributed by atoms with van der Waals surface area (Å²) in [5.74, 6) is -4.43. The third-order valence-corrected chi connectivity index (χ3v) is 6.48. The monoisotopic (exact) mass is 212 g/mol. The summed E-state index contributed by atoms with van der Waals surface area (Å²) >= 11 is 0. The van der Waals surface area contributed by atoms with E-state index >= 15 is 0 Å². The summed E-state index contributed by atoms with van der Waals surface area (Å²) in [6.45, 7) is 0. The third-order valence-electron chi connectivity index (χ3n) is 6.48. The summed E-state index contributed by atoms with van der Waals surface area (Å²) in [7, 11) is 0. The molecule has 0 aromatic carbocycles. The first-order valence-electron chi connectivity index (χ1n) is 5.65. The predicted octanol–water partition coefficient (Wildman–Crippen LogP) is 1.46. The molecule has 6 aliphatic rings. The average molecular weight is 212 g/mol. The zero-order valence-electron chi connectivity index (χ0n) is 7.86. The van der Waals surface area contributed by atoms with Crippen LogP contribution in [0.15, 0.2) is 0 Å². The van der Waals surface area contributed by atoms with Crippen LogP contribution in [0.3, 0.4) is 0 Å². The van der Waals surface area contributed by atoms with Crippen molar-refractivity contribution in [3.8, 4) is 0 Å². The number of hydrogen-bond donors (Lipinski definition) is 1. The van der Waals surface area contributed by atoms with Gasteiger partial charge < -0.3 is 5.11 Å². The number of carbonyl (C=O) groups is 1. The largest absolute Gasteiger partial charge is 0.481 e. The van der Waals surface area contributed by atoms with Crippen molar-refractivity contribution in [2.75, 3.05) is 0 Å². The van der Waals surface area contributed by atoms with Gasteiger partial charge in [0, 0.05) is 11.8 Å². The van der Waals surface area contributed by atoms with Crippen LogP contribution in [0.1, 0.15) is 6.42 Å². The van der Waals surface area contributed by atoms with Gasteiger partial charge in [0.1, 0.15) is 0 Å². The number of rotatable bonds is 1. The lowest BCUT2D eigenvalue weighted by Gasteiger charge is -2.67. The van der Waals surface area contributed by atoms with Gasteiger partial charge in [0.2, 0.25) is 0 Å². The van der Waals surface area contributed by atoms with Gasteiger partial charge in [0.05, 0.1) is 5.41 Å². The van der Waals surface area contributed by atoms with E-state index in [2.05, 4.69) is 0 Å². The third kappa shape index (κ3) is 0.377. The highest BCUT2D eigenvalue weighted by molar-refractivity contribution is 5.82. The molecule has 8 atom stereocenters. The normalized spacial score (nSPS) is 73.1. The highest BCUT2D eigenvalue weighted by Gasteiger charge is 3.00. The summed E-state index contributed by atoms with van der Waals surface area (Å²) in [5, 5.41) is 9.32. The molecule has 0 radical (unpaired) electrons. The van der Waals surface area contributed by atoms with Crippen LogP contribution in [0, 0.1) is 46.8 Å².